The van der Waals surface area contributed by atoms with Gasteiger partial charge in [0.15, 0.2) is 0 Å². The van der Waals surface area contributed by atoms with Gasteiger partial charge in [-0.2, -0.15) is 4.31 Å². The van der Waals surface area contributed by atoms with Gasteiger partial charge >= 0.3 is 0 Å². The normalized spacial score (nSPS) is 14.5. The number of carbonyl (C=O) groups is 1. The van der Waals surface area contributed by atoms with E-state index >= 15 is 0 Å². The fourth-order valence-corrected chi connectivity index (χ4v) is 5.67. The third kappa shape index (κ3) is 5.49. The Morgan fingerprint density at radius 1 is 1.09 bits per heavy atom. The SMILES string of the molecule is COc1ccc(NC(=O)c2ccc(OCc3c(C)noc3C)cc2)cc1S(=O)(=O)N1CCCCC1. The number of aromatic nitrogens is 1. The maximum absolute atomic E-state index is 13.2. The molecule has 1 saturated heterocycles. The summed E-state index contributed by atoms with van der Waals surface area (Å²) in [4.78, 5) is 12.9. The van der Waals surface area contributed by atoms with E-state index in [1.165, 1.54) is 17.5 Å². The largest absolute Gasteiger partial charge is 0.495 e. The standard InChI is InChI=1S/C25H29N3O6S/c1-17-22(18(2)34-27-17)16-33-21-10-7-19(8-11-21)25(29)26-20-9-12-23(32-3)24(15-20)35(30,31)28-13-5-4-6-14-28/h7-12,15H,4-6,13-14,16H2,1-3H3,(H,26,29). The highest BCUT2D eigenvalue weighted by atomic mass is 32.2. The Hall–Kier alpha value is -3.37. The number of methoxy groups -OCH3 is 1. The number of piperidine rings is 1. The van der Waals surface area contributed by atoms with Crippen LogP contribution in [0.4, 0.5) is 5.69 Å². The van der Waals surface area contributed by atoms with E-state index in [2.05, 4.69) is 10.5 Å². The van der Waals surface area contributed by atoms with Crippen LogP contribution in [0, 0.1) is 13.8 Å². The summed E-state index contributed by atoms with van der Waals surface area (Å²) >= 11 is 0. The number of amides is 1. The third-order valence-electron chi connectivity index (χ3n) is 6.04. The first-order valence-corrected chi connectivity index (χ1v) is 12.9. The highest BCUT2D eigenvalue weighted by molar-refractivity contribution is 7.89. The summed E-state index contributed by atoms with van der Waals surface area (Å²) in [6.45, 7) is 4.95. The maximum atomic E-state index is 13.2. The van der Waals surface area contributed by atoms with Gasteiger partial charge < -0.3 is 19.3 Å². The van der Waals surface area contributed by atoms with Crippen LogP contribution in [0.3, 0.4) is 0 Å². The molecule has 9 nitrogen and oxygen atoms in total. The van der Waals surface area contributed by atoms with Gasteiger partial charge in [-0.1, -0.05) is 11.6 Å². The molecule has 1 N–H and O–H groups in total. The summed E-state index contributed by atoms with van der Waals surface area (Å²) in [5, 5.41) is 6.68. The van der Waals surface area contributed by atoms with Crippen LogP contribution in [0.5, 0.6) is 11.5 Å². The number of ether oxygens (including phenoxy) is 2. The molecule has 1 fully saturated rings. The third-order valence-corrected chi connectivity index (χ3v) is 7.96. The average molecular weight is 500 g/mol. The number of benzene rings is 2. The van der Waals surface area contributed by atoms with E-state index in [9.17, 15) is 13.2 Å². The first-order valence-electron chi connectivity index (χ1n) is 11.4. The second-order valence-electron chi connectivity index (χ2n) is 8.40. The van der Waals surface area contributed by atoms with Crippen molar-refractivity contribution >= 4 is 21.6 Å². The van der Waals surface area contributed by atoms with E-state index < -0.39 is 10.0 Å². The van der Waals surface area contributed by atoms with E-state index in [1.54, 1.807) is 36.4 Å². The molecule has 0 bridgehead atoms. The maximum Gasteiger partial charge on any atom is 0.255 e. The van der Waals surface area contributed by atoms with Crippen LogP contribution in [0.1, 0.15) is 46.6 Å². The van der Waals surface area contributed by atoms with Gasteiger partial charge in [0, 0.05) is 24.3 Å². The highest BCUT2D eigenvalue weighted by Gasteiger charge is 2.29. The zero-order chi connectivity index (χ0) is 25.0. The summed E-state index contributed by atoms with van der Waals surface area (Å²) in [5.74, 6) is 1.18. The molecule has 1 aromatic heterocycles. The molecule has 0 atom stereocenters. The molecule has 35 heavy (non-hydrogen) atoms. The quantitative estimate of drug-likeness (QED) is 0.492. The van der Waals surface area contributed by atoms with Gasteiger partial charge in [-0.15, -0.1) is 0 Å². The molecule has 0 unspecified atom stereocenters. The van der Waals surface area contributed by atoms with Crippen LogP contribution in [0.15, 0.2) is 51.9 Å². The van der Waals surface area contributed by atoms with Crippen molar-refractivity contribution in [1.29, 1.82) is 0 Å². The fourth-order valence-electron chi connectivity index (χ4n) is 3.97. The molecule has 2 heterocycles. The lowest BCUT2D eigenvalue weighted by Gasteiger charge is -2.26. The lowest BCUT2D eigenvalue weighted by molar-refractivity contribution is 0.102. The van der Waals surface area contributed by atoms with Crippen LogP contribution in [0.25, 0.3) is 0 Å². The molecule has 1 aliphatic rings. The van der Waals surface area contributed by atoms with Crippen molar-refractivity contribution in [3.05, 3.63) is 65.0 Å². The summed E-state index contributed by atoms with van der Waals surface area (Å²) in [6.07, 6.45) is 2.68. The van der Waals surface area contributed by atoms with Gasteiger partial charge in [-0.05, 0) is 69.2 Å². The van der Waals surface area contributed by atoms with Crippen LogP contribution >= 0.6 is 0 Å². The Kier molecular flexibility index (Phi) is 7.42. The first kappa shape index (κ1) is 24.7. The molecule has 0 aliphatic carbocycles. The van der Waals surface area contributed by atoms with Crippen molar-refractivity contribution in [2.24, 2.45) is 0 Å². The van der Waals surface area contributed by atoms with Gasteiger partial charge in [-0.3, -0.25) is 4.79 Å². The predicted octanol–water partition coefficient (Wildman–Crippen LogP) is 4.31. The molecule has 0 saturated carbocycles. The fraction of sp³-hybridized carbons (Fsp3) is 0.360. The Bertz CT molecular complexity index is 1280. The molecular weight excluding hydrogens is 470 g/mol. The van der Waals surface area contributed by atoms with Crippen LogP contribution in [0.2, 0.25) is 0 Å². The molecular formula is C25H29N3O6S. The second kappa shape index (κ2) is 10.5. The Morgan fingerprint density at radius 2 is 1.80 bits per heavy atom. The minimum absolute atomic E-state index is 0.0442. The molecule has 186 valence electrons. The van der Waals surface area contributed by atoms with Crippen molar-refractivity contribution in [1.82, 2.24) is 9.46 Å². The molecule has 0 spiro atoms. The molecule has 1 amide bonds. The van der Waals surface area contributed by atoms with Crippen molar-refractivity contribution in [3.8, 4) is 11.5 Å². The van der Waals surface area contributed by atoms with Crippen LogP contribution < -0.4 is 14.8 Å². The van der Waals surface area contributed by atoms with Gasteiger partial charge in [0.05, 0.1) is 18.4 Å². The number of nitrogens with zero attached hydrogens (tertiary/aromatic N) is 2. The minimum atomic E-state index is -3.74. The Labute approximate surface area is 205 Å². The molecule has 0 radical (unpaired) electrons. The van der Waals surface area contributed by atoms with E-state index in [-0.39, 0.29) is 16.6 Å². The number of nitrogens with one attached hydrogen (secondary N) is 1. The van der Waals surface area contributed by atoms with Crippen LogP contribution in [-0.2, 0) is 16.6 Å². The minimum Gasteiger partial charge on any atom is -0.495 e. The monoisotopic (exact) mass is 499 g/mol. The number of carbonyl (C=O) groups excluding carboxylic acids is 1. The number of aryl methyl sites for hydroxylation is 2. The molecule has 10 heteroatoms. The number of hydrogen-bond acceptors (Lipinski definition) is 7. The number of anilines is 1. The van der Waals surface area contributed by atoms with Gasteiger partial charge in [-0.25, -0.2) is 8.42 Å². The predicted molar refractivity (Wildman–Crippen MR) is 130 cm³/mol. The van der Waals surface area contributed by atoms with Gasteiger partial charge in [0.25, 0.3) is 5.91 Å². The summed E-state index contributed by atoms with van der Waals surface area (Å²) in [7, 11) is -2.31. The highest BCUT2D eigenvalue weighted by Crippen LogP contribution is 2.31. The lowest BCUT2D eigenvalue weighted by atomic mass is 10.2. The zero-order valence-electron chi connectivity index (χ0n) is 20.0. The molecule has 1 aliphatic heterocycles. The van der Waals surface area contributed by atoms with Crippen molar-refractivity contribution in [2.75, 3.05) is 25.5 Å². The van der Waals surface area contributed by atoms with Crippen LogP contribution in [-0.4, -0.2) is 44.0 Å². The van der Waals surface area contributed by atoms with Crippen molar-refractivity contribution in [2.45, 2.75) is 44.6 Å². The summed E-state index contributed by atoms with van der Waals surface area (Å²) in [6, 6.07) is 11.3. The van der Waals surface area contributed by atoms with Gasteiger partial charge in [0.1, 0.15) is 28.8 Å². The first-order chi connectivity index (χ1) is 16.8. The van der Waals surface area contributed by atoms with Gasteiger partial charge in [0.2, 0.25) is 10.0 Å². The molecule has 4 rings (SSSR count). The van der Waals surface area contributed by atoms with E-state index in [0.717, 1.165) is 30.5 Å². The van der Waals surface area contributed by atoms with Crippen molar-refractivity contribution in [3.63, 3.8) is 0 Å². The topological polar surface area (TPSA) is 111 Å². The van der Waals surface area contributed by atoms with E-state index in [1.807, 2.05) is 13.8 Å². The van der Waals surface area contributed by atoms with E-state index in [0.29, 0.717) is 42.5 Å². The second-order valence-corrected chi connectivity index (χ2v) is 10.3. The Balaban J connectivity index is 1.46. The number of rotatable bonds is 8. The Morgan fingerprint density at radius 3 is 2.43 bits per heavy atom. The lowest BCUT2D eigenvalue weighted by Crippen LogP contribution is -2.35. The summed E-state index contributed by atoms with van der Waals surface area (Å²) in [5.41, 5.74) is 2.44. The average Bonchev–Trinajstić information content (AvgIpc) is 3.20. The molecule has 3 aromatic rings. The number of hydrogen-bond donors (Lipinski definition) is 1. The summed E-state index contributed by atoms with van der Waals surface area (Å²) < 4.78 is 44.1. The zero-order valence-corrected chi connectivity index (χ0v) is 20.9. The smallest absolute Gasteiger partial charge is 0.255 e. The van der Waals surface area contributed by atoms with E-state index in [4.69, 9.17) is 14.0 Å². The van der Waals surface area contributed by atoms with Crippen molar-refractivity contribution < 1.29 is 27.2 Å². The number of sulfonamides is 1. The molecule has 2 aromatic carbocycles.